The van der Waals surface area contributed by atoms with Gasteiger partial charge in [-0.15, -0.1) is 10.2 Å². The van der Waals surface area contributed by atoms with Crippen LogP contribution in [0.25, 0.3) is 10.8 Å². The standard InChI is InChI=1S/C21H24N4O2/c1-14(2)11-18-23-24-19(27-18)12-15-8-10-25(13-15)21(26)20-17-6-4-3-5-16(17)7-9-22-20/h3-7,9,14-15H,8,10-13H2,1-2H3. The molecule has 1 amide bonds. The molecule has 1 atom stereocenters. The Kier molecular flexibility index (Phi) is 4.88. The maximum absolute atomic E-state index is 13.0. The van der Waals surface area contributed by atoms with E-state index in [1.165, 1.54) is 0 Å². The van der Waals surface area contributed by atoms with Crippen LogP contribution in [0.2, 0.25) is 0 Å². The third kappa shape index (κ3) is 3.84. The Balaban J connectivity index is 1.43. The molecule has 1 aromatic carbocycles. The van der Waals surface area contributed by atoms with Crippen molar-refractivity contribution in [1.29, 1.82) is 0 Å². The fourth-order valence-electron chi connectivity index (χ4n) is 3.67. The molecular weight excluding hydrogens is 340 g/mol. The van der Waals surface area contributed by atoms with Crippen molar-refractivity contribution in [2.45, 2.75) is 33.1 Å². The number of fused-ring (bicyclic) bond motifs is 1. The number of amides is 1. The molecule has 1 fully saturated rings. The third-order valence-electron chi connectivity index (χ3n) is 5.00. The topological polar surface area (TPSA) is 72.1 Å². The second kappa shape index (κ2) is 7.47. The molecule has 0 aliphatic carbocycles. The minimum atomic E-state index is 0.000302. The van der Waals surface area contributed by atoms with Gasteiger partial charge in [0.05, 0.1) is 0 Å². The quantitative estimate of drug-likeness (QED) is 0.693. The van der Waals surface area contributed by atoms with E-state index in [0.717, 1.165) is 36.6 Å². The molecule has 1 aliphatic heterocycles. The van der Waals surface area contributed by atoms with E-state index in [-0.39, 0.29) is 5.91 Å². The summed E-state index contributed by atoms with van der Waals surface area (Å²) in [6.07, 6.45) is 4.17. The summed E-state index contributed by atoms with van der Waals surface area (Å²) in [5.41, 5.74) is 0.533. The lowest BCUT2D eigenvalue weighted by atomic mass is 10.1. The van der Waals surface area contributed by atoms with Crippen LogP contribution < -0.4 is 0 Å². The average Bonchev–Trinajstić information content (AvgIpc) is 3.30. The van der Waals surface area contributed by atoms with E-state index in [2.05, 4.69) is 29.0 Å². The van der Waals surface area contributed by atoms with Crippen molar-refractivity contribution in [3.8, 4) is 0 Å². The summed E-state index contributed by atoms with van der Waals surface area (Å²) in [6, 6.07) is 9.81. The Hall–Kier alpha value is -2.76. The molecule has 4 rings (SSSR count). The van der Waals surface area contributed by atoms with Crippen molar-refractivity contribution < 1.29 is 9.21 Å². The van der Waals surface area contributed by atoms with Gasteiger partial charge in [-0.25, -0.2) is 0 Å². The number of pyridine rings is 1. The highest BCUT2D eigenvalue weighted by molar-refractivity contribution is 6.05. The highest BCUT2D eigenvalue weighted by Crippen LogP contribution is 2.24. The first-order valence-electron chi connectivity index (χ1n) is 9.54. The molecule has 1 unspecified atom stereocenters. The first-order valence-corrected chi connectivity index (χ1v) is 9.54. The highest BCUT2D eigenvalue weighted by atomic mass is 16.4. The molecular formula is C21H24N4O2. The Morgan fingerprint density at radius 2 is 2.04 bits per heavy atom. The zero-order chi connectivity index (χ0) is 18.8. The molecule has 27 heavy (non-hydrogen) atoms. The van der Waals surface area contributed by atoms with Crippen molar-refractivity contribution in [2.75, 3.05) is 13.1 Å². The van der Waals surface area contributed by atoms with Crippen LogP contribution in [0.3, 0.4) is 0 Å². The van der Waals surface area contributed by atoms with Gasteiger partial charge in [-0.05, 0) is 29.7 Å². The maximum Gasteiger partial charge on any atom is 0.273 e. The Morgan fingerprint density at radius 1 is 1.22 bits per heavy atom. The molecule has 140 valence electrons. The number of rotatable bonds is 5. The molecule has 1 aliphatic rings. The predicted octanol–water partition coefficient (Wildman–Crippen LogP) is 3.52. The molecule has 0 saturated carbocycles. The smallest absolute Gasteiger partial charge is 0.273 e. The summed E-state index contributed by atoms with van der Waals surface area (Å²) in [5.74, 6) is 2.21. The van der Waals surface area contributed by atoms with Gasteiger partial charge in [-0.2, -0.15) is 0 Å². The second-order valence-electron chi connectivity index (χ2n) is 7.68. The summed E-state index contributed by atoms with van der Waals surface area (Å²) in [7, 11) is 0. The van der Waals surface area contributed by atoms with Crippen LogP contribution in [0.5, 0.6) is 0 Å². The number of aromatic nitrogens is 3. The van der Waals surface area contributed by atoms with Crippen LogP contribution in [0, 0.1) is 11.8 Å². The molecule has 3 heterocycles. The van der Waals surface area contributed by atoms with Crippen LogP contribution in [0.1, 0.15) is 42.5 Å². The number of hydrogen-bond donors (Lipinski definition) is 0. The Bertz CT molecular complexity index is 945. The van der Waals surface area contributed by atoms with Crippen molar-refractivity contribution in [2.24, 2.45) is 11.8 Å². The zero-order valence-electron chi connectivity index (χ0n) is 15.8. The van der Waals surface area contributed by atoms with Gasteiger partial charge < -0.3 is 9.32 Å². The summed E-state index contributed by atoms with van der Waals surface area (Å²) in [5, 5.41) is 10.2. The summed E-state index contributed by atoms with van der Waals surface area (Å²) >= 11 is 0. The van der Waals surface area contributed by atoms with Gasteiger partial charge in [-0.1, -0.05) is 38.1 Å². The maximum atomic E-state index is 13.0. The van der Waals surface area contributed by atoms with Crippen LogP contribution in [-0.4, -0.2) is 39.1 Å². The lowest BCUT2D eigenvalue weighted by Gasteiger charge is -2.16. The molecule has 0 spiro atoms. The first-order chi connectivity index (χ1) is 13.1. The summed E-state index contributed by atoms with van der Waals surface area (Å²) < 4.78 is 5.76. The number of nitrogens with zero attached hydrogens (tertiary/aromatic N) is 4. The van der Waals surface area contributed by atoms with E-state index >= 15 is 0 Å². The molecule has 2 aromatic heterocycles. The van der Waals surface area contributed by atoms with Crippen LogP contribution in [0.4, 0.5) is 0 Å². The average molecular weight is 364 g/mol. The van der Waals surface area contributed by atoms with E-state index in [0.29, 0.717) is 35.9 Å². The van der Waals surface area contributed by atoms with Gasteiger partial charge >= 0.3 is 0 Å². The molecule has 3 aromatic rings. The van der Waals surface area contributed by atoms with Gasteiger partial charge in [-0.3, -0.25) is 9.78 Å². The van der Waals surface area contributed by atoms with E-state index in [4.69, 9.17) is 4.42 Å². The Labute approximate surface area is 158 Å². The minimum absolute atomic E-state index is 0.000302. The van der Waals surface area contributed by atoms with Crippen LogP contribution in [-0.2, 0) is 12.8 Å². The van der Waals surface area contributed by atoms with Gasteiger partial charge in [0.15, 0.2) is 0 Å². The SMILES string of the molecule is CC(C)Cc1nnc(CC2CCN(C(=O)c3nccc4ccccc34)C2)o1. The normalized spacial score (nSPS) is 17.1. The van der Waals surface area contributed by atoms with Gasteiger partial charge in [0.2, 0.25) is 11.8 Å². The van der Waals surface area contributed by atoms with Crippen molar-refractivity contribution in [1.82, 2.24) is 20.1 Å². The zero-order valence-corrected chi connectivity index (χ0v) is 15.8. The number of benzene rings is 1. The lowest BCUT2D eigenvalue weighted by molar-refractivity contribution is 0.0783. The molecule has 0 radical (unpaired) electrons. The van der Waals surface area contributed by atoms with Gasteiger partial charge in [0.1, 0.15) is 5.69 Å². The predicted molar refractivity (Wildman–Crippen MR) is 102 cm³/mol. The second-order valence-corrected chi connectivity index (χ2v) is 7.68. The van der Waals surface area contributed by atoms with E-state index < -0.39 is 0 Å². The van der Waals surface area contributed by atoms with E-state index in [1.807, 2.05) is 35.2 Å². The largest absolute Gasteiger partial charge is 0.425 e. The Morgan fingerprint density at radius 3 is 2.89 bits per heavy atom. The van der Waals surface area contributed by atoms with Gasteiger partial charge in [0.25, 0.3) is 5.91 Å². The van der Waals surface area contributed by atoms with Crippen molar-refractivity contribution in [3.05, 3.63) is 54.0 Å². The minimum Gasteiger partial charge on any atom is -0.425 e. The van der Waals surface area contributed by atoms with Crippen molar-refractivity contribution in [3.63, 3.8) is 0 Å². The number of carbonyl (C=O) groups excluding carboxylic acids is 1. The van der Waals surface area contributed by atoms with Crippen LogP contribution >= 0.6 is 0 Å². The molecule has 1 saturated heterocycles. The number of hydrogen-bond acceptors (Lipinski definition) is 5. The fraction of sp³-hybridized carbons (Fsp3) is 0.429. The molecule has 0 bridgehead atoms. The summed E-state index contributed by atoms with van der Waals surface area (Å²) in [4.78, 5) is 19.2. The highest BCUT2D eigenvalue weighted by Gasteiger charge is 2.29. The molecule has 6 nitrogen and oxygen atoms in total. The van der Waals surface area contributed by atoms with E-state index in [1.54, 1.807) is 6.20 Å². The number of likely N-dealkylation sites (tertiary alicyclic amines) is 1. The van der Waals surface area contributed by atoms with Crippen molar-refractivity contribution >= 4 is 16.7 Å². The van der Waals surface area contributed by atoms with Gasteiger partial charge in [0, 0.05) is 37.5 Å². The third-order valence-corrected chi connectivity index (χ3v) is 5.00. The molecule has 0 N–H and O–H groups in total. The van der Waals surface area contributed by atoms with E-state index in [9.17, 15) is 4.79 Å². The lowest BCUT2D eigenvalue weighted by Crippen LogP contribution is -2.29. The van der Waals surface area contributed by atoms with Crippen LogP contribution in [0.15, 0.2) is 40.9 Å². The summed E-state index contributed by atoms with van der Waals surface area (Å²) in [6.45, 7) is 5.70. The monoisotopic (exact) mass is 364 g/mol. The first kappa shape index (κ1) is 17.6. The fourth-order valence-corrected chi connectivity index (χ4v) is 3.67. The molecule has 6 heteroatoms. The number of carbonyl (C=O) groups is 1.